The zero-order valence-electron chi connectivity index (χ0n) is 12.2. The topological polar surface area (TPSA) is 35.2 Å². The summed E-state index contributed by atoms with van der Waals surface area (Å²) in [5.41, 5.74) is 8.88. The van der Waals surface area contributed by atoms with E-state index < -0.39 is 0 Å². The average molecular weight is 279 g/mol. The molecule has 0 spiro atoms. The van der Waals surface area contributed by atoms with E-state index in [0.717, 1.165) is 25.0 Å². The Labute approximate surface area is 126 Å². The fraction of sp³-hybridized carbons (Fsp3) is 0.263. The van der Waals surface area contributed by atoms with Crippen LogP contribution in [0.25, 0.3) is 0 Å². The molecule has 2 N–H and O–H groups in total. The zero-order valence-corrected chi connectivity index (χ0v) is 12.2. The molecule has 0 aliphatic carbocycles. The molecule has 2 nitrogen and oxygen atoms in total. The van der Waals surface area contributed by atoms with Gasteiger partial charge in [-0.3, -0.25) is 0 Å². The van der Waals surface area contributed by atoms with Gasteiger partial charge in [0.15, 0.2) is 0 Å². The lowest BCUT2D eigenvalue weighted by molar-refractivity contribution is 0.118. The van der Waals surface area contributed by atoms with E-state index >= 15 is 0 Å². The third-order valence-electron chi connectivity index (χ3n) is 3.15. The number of nitrogens with two attached hydrogens (primary N) is 1. The molecule has 21 heavy (non-hydrogen) atoms. The van der Waals surface area contributed by atoms with Gasteiger partial charge in [0.05, 0.1) is 13.2 Å². The van der Waals surface area contributed by atoms with E-state index in [-0.39, 0.29) is 0 Å². The van der Waals surface area contributed by atoms with Gasteiger partial charge >= 0.3 is 0 Å². The molecular formula is C19H21NO. The Bertz CT molecular complexity index is 578. The molecule has 0 bridgehead atoms. The van der Waals surface area contributed by atoms with E-state index in [1.165, 1.54) is 11.1 Å². The summed E-state index contributed by atoms with van der Waals surface area (Å²) in [6.07, 6.45) is 2.11. The molecule has 2 rings (SSSR count). The fourth-order valence-corrected chi connectivity index (χ4v) is 2.05. The van der Waals surface area contributed by atoms with Gasteiger partial charge < -0.3 is 10.5 Å². The molecule has 2 aromatic carbocycles. The monoisotopic (exact) mass is 279 g/mol. The van der Waals surface area contributed by atoms with Crippen LogP contribution in [0, 0.1) is 11.8 Å². The number of ether oxygens (including phenoxy) is 1. The number of benzene rings is 2. The number of rotatable bonds is 6. The molecule has 108 valence electrons. The highest BCUT2D eigenvalue weighted by Gasteiger charge is 1.95. The Morgan fingerprint density at radius 3 is 2.38 bits per heavy atom. The van der Waals surface area contributed by atoms with Gasteiger partial charge in [-0.1, -0.05) is 54.3 Å². The van der Waals surface area contributed by atoms with Crippen LogP contribution in [-0.4, -0.2) is 13.2 Å². The Morgan fingerprint density at radius 1 is 0.905 bits per heavy atom. The van der Waals surface area contributed by atoms with Gasteiger partial charge in [-0.25, -0.2) is 0 Å². The minimum atomic E-state index is 0.395. The van der Waals surface area contributed by atoms with Crippen molar-refractivity contribution >= 4 is 0 Å². The molecule has 0 aliphatic rings. The number of aryl methyl sites for hydroxylation is 1. The van der Waals surface area contributed by atoms with E-state index in [0.29, 0.717) is 13.2 Å². The second-order valence-electron chi connectivity index (χ2n) is 4.84. The second kappa shape index (κ2) is 8.97. The summed E-state index contributed by atoms with van der Waals surface area (Å²) in [5, 5.41) is 0. The van der Waals surface area contributed by atoms with Crippen molar-refractivity contribution in [2.75, 3.05) is 13.2 Å². The lowest BCUT2D eigenvalue weighted by atomic mass is 10.1. The minimum absolute atomic E-state index is 0.395. The molecule has 0 atom stereocenters. The van der Waals surface area contributed by atoms with Crippen molar-refractivity contribution in [2.45, 2.75) is 19.4 Å². The highest BCUT2D eigenvalue weighted by Crippen LogP contribution is 2.06. The summed E-state index contributed by atoms with van der Waals surface area (Å²) in [6, 6.07) is 18.6. The average Bonchev–Trinajstić information content (AvgIpc) is 2.55. The molecule has 0 aliphatic heterocycles. The highest BCUT2D eigenvalue weighted by atomic mass is 16.5. The van der Waals surface area contributed by atoms with Gasteiger partial charge in [0.2, 0.25) is 0 Å². The molecule has 2 heteroatoms. The lowest BCUT2D eigenvalue weighted by Crippen LogP contribution is -1.97. The van der Waals surface area contributed by atoms with E-state index in [1.807, 2.05) is 18.2 Å². The first-order valence-corrected chi connectivity index (χ1v) is 7.28. The molecule has 0 fully saturated rings. The van der Waals surface area contributed by atoms with Crippen LogP contribution in [0.15, 0.2) is 54.6 Å². The maximum absolute atomic E-state index is 5.71. The number of hydrogen-bond donors (Lipinski definition) is 1. The van der Waals surface area contributed by atoms with Gasteiger partial charge in [0.1, 0.15) is 0 Å². The predicted molar refractivity (Wildman–Crippen MR) is 86.8 cm³/mol. The van der Waals surface area contributed by atoms with Crippen LogP contribution in [-0.2, 0) is 17.8 Å². The molecule has 0 radical (unpaired) electrons. The molecule has 0 amide bonds. The molecule has 0 unspecified atom stereocenters. The van der Waals surface area contributed by atoms with Crippen molar-refractivity contribution in [3.05, 3.63) is 71.3 Å². The Hall–Kier alpha value is -2.08. The summed E-state index contributed by atoms with van der Waals surface area (Å²) in [7, 11) is 0. The number of hydrogen-bond acceptors (Lipinski definition) is 2. The summed E-state index contributed by atoms with van der Waals surface area (Å²) in [4.78, 5) is 0. The second-order valence-corrected chi connectivity index (χ2v) is 4.84. The normalized spacial score (nSPS) is 9.95. The van der Waals surface area contributed by atoms with E-state index in [2.05, 4.69) is 48.2 Å². The largest absolute Gasteiger partial charge is 0.377 e. The van der Waals surface area contributed by atoms with E-state index in [9.17, 15) is 0 Å². The smallest absolute Gasteiger partial charge is 0.0716 e. The van der Waals surface area contributed by atoms with Crippen LogP contribution in [0.4, 0.5) is 0 Å². The Balaban J connectivity index is 1.66. The Morgan fingerprint density at radius 2 is 1.67 bits per heavy atom. The fourth-order valence-electron chi connectivity index (χ4n) is 2.05. The maximum atomic E-state index is 5.71. The molecule has 0 saturated heterocycles. The molecular weight excluding hydrogens is 258 g/mol. The molecule has 0 saturated carbocycles. The van der Waals surface area contributed by atoms with Crippen molar-refractivity contribution in [1.29, 1.82) is 0 Å². The first-order valence-electron chi connectivity index (χ1n) is 7.28. The SMILES string of the molecule is NCC#Cc1ccc(COCCCc2ccccc2)cc1. The van der Waals surface area contributed by atoms with Crippen LogP contribution in [0.1, 0.15) is 23.1 Å². The van der Waals surface area contributed by atoms with Crippen molar-refractivity contribution in [1.82, 2.24) is 0 Å². The zero-order chi connectivity index (χ0) is 14.8. The van der Waals surface area contributed by atoms with Gasteiger partial charge in [0.25, 0.3) is 0 Å². The summed E-state index contributed by atoms with van der Waals surface area (Å²) >= 11 is 0. The third kappa shape index (κ3) is 5.83. The summed E-state index contributed by atoms with van der Waals surface area (Å²) < 4.78 is 5.71. The van der Waals surface area contributed by atoms with Crippen molar-refractivity contribution < 1.29 is 4.74 Å². The summed E-state index contributed by atoms with van der Waals surface area (Å²) in [6.45, 7) is 1.83. The van der Waals surface area contributed by atoms with Crippen molar-refractivity contribution in [3.8, 4) is 11.8 Å². The molecule has 2 aromatic rings. The summed E-state index contributed by atoms with van der Waals surface area (Å²) in [5.74, 6) is 5.86. The maximum Gasteiger partial charge on any atom is 0.0716 e. The van der Waals surface area contributed by atoms with Crippen LogP contribution in [0.5, 0.6) is 0 Å². The first kappa shape index (κ1) is 15.3. The Kier molecular flexibility index (Phi) is 6.54. The van der Waals surface area contributed by atoms with Crippen LogP contribution in [0.3, 0.4) is 0 Å². The van der Waals surface area contributed by atoms with Crippen LogP contribution >= 0.6 is 0 Å². The highest BCUT2D eigenvalue weighted by molar-refractivity contribution is 5.36. The standard InChI is InChI=1S/C19H21NO/c20-14-4-8-18-10-12-19(13-11-18)16-21-15-5-9-17-6-2-1-3-7-17/h1-3,6-7,10-13H,5,9,14-16,20H2. The lowest BCUT2D eigenvalue weighted by Gasteiger charge is -2.05. The predicted octanol–water partition coefficient (Wildman–Crippen LogP) is 3.15. The van der Waals surface area contributed by atoms with Crippen LogP contribution < -0.4 is 5.73 Å². The van der Waals surface area contributed by atoms with Crippen LogP contribution in [0.2, 0.25) is 0 Å². The molecule has 0 aromatic heterocycles. The molecule has 0 heterocycles. The van der Waals surface area contributed by atoms with Crippen molar-refractivity contribution in [2.24, 2.45) is 5.73 Å². The van der Waals surface area contributed by atoms with E-state index in [1.54, 1.807) is 0 Å². The van der Waals surface area contributed by atoms with Gasteiger partial charge in [-0.2, -0.15) is 0 Å². The van der Waals surface area contributed by atoms with E-state index in [4.69, 9.17) is 10.5 Å². The van der Waals surface area contributed by atoms with Crippen molar-refractivity contribution in [3.63, 3.8) is 0 Å². The third-order valence-corrected chi connectivity index (χ3v) is 3.15. The first-order chi connectivity index (χ1) is 10.4. The van der Waals surface area contributed by atoms with Gasteiger partial charge in [-0.15, -0.1) is 0 Å². The minimum Gasteiger partial charge on any atom is -0.377 e. The van der Waals surface area contributed by atoms with Gasteiger partial charge in [-0.05, 0) is 36.1 Å². The van der Waals surface area contributed by atoms with Gasteiger partial charge in [0, 0.05) is 12.2 Å². The quantitative estimate of drug-likeness (QED) is 0.651.